The van der Waals surface area contributed by atoms with Gasteiger partial charge in [-0.25, -0.2) is 9.18 Å². The number of benzene rings is 2. The lowest BCUT2D eigenvalue weighted by molar-refractivity contribution is -0.130. The molecule has 0 radical (unpaired) electrons. The smallest absolute Gasteiger partial charge is 0.343 e. The van der Waals surface area contributed by atoms with Gasteiger partial charge in [0.05, 0.1) is 5.57 Å². The van der Waals surface area contributed by atoms with Gasteiger partial charge in [0, 0.05) is 5.56 Å². The summed E-state index contributed by atoms with van der Waals surface area (Å²) in [5, 5.41) is 9.41. The first-order valence-corrected chi connectivity index (χ1v) is 6.32. The number of esters is 1. The molecule has 4 heteroatoms. The van der Waals surface area contributed by atoms with Gasteiger partial charge >= 0.3 is 5.97 Å². The predicted molar refractivity (Wildman–Crippen MR) is 76.6 cm³/mol. The molecule has 0 saturated carbocycles. The van der Waals surface area contributed by atoms with Crippen LogP contribution in [0.15, 0.2) is 60.2 Å². The summed E-state index contributed by atoms with van der Waals surface area (Å²) in [5.41, 5.74) is 1.70. The van der Waals surface area contributed by atoms with Crippen molar-refractivity contribution in [2.45, 2.75) is 0 Å². The largest absolute Gasteiger partial charge is 0.508 e. The maximum absolute atomic E-state index is 12.9. The second kappa shape index (κ2) is 5.25. The molecule has 0 spiro atoms. The molecule has 0 aliphatic carbocycles. The predicted octanol–water partition coefficient (Wildman–Crippen LogP) is 3.51. The Morgan fingerprint density at radius 1 is 1.10 bits per heavy atom. The van der Waals surface area contributed by atoms with Crippen LogP contribution in [0.2, 0.25) is 0 Å². The van der Waals surface area contributed by atoms with Crippen molar-refractivity contribution in [3.05, 3.63) is 77.1 Å². The first-order valence-electron chi connectivity index (χ1n) is 6.32. The highest BCUT2D eigenvalue weighted by molar-refractivity contribution is 6.05. The molecule has 0 amide bonds. The van der Waals surface area contributed by atoms with E-state index in [0.29, 0.717) is 22.5 Å². The van der Waals surface area contributed by atoms with Crippen LogP contribution in [0.4, 0.5) is 4.39 Å². The molecule has 0 atom stereocenters. The number of cyclic esters (lactones) is 1. The van der Waals surface area contributed by atoms with Gasteiger partial charge in [0.15, 0.2) is 0 Å². The lowest BCUT2D eigenvalue weighted by Gasteiger charge is -2.00. The zero-order valence-electron chi connectivity index (χ0n) is 10.9. The molecule has 1 N–H and O–H groups in total. The van der Waals surface area contributed by atoms with Crippen molar-refractivity contribution in [3.8, 4) is 5.75 Å². The summed E-state index contributed by atoms with van der Waals surface area (Å²) in [4.78, 5) is 11.8. The van der Waals surface area contributed by atoms with Gasteiger partial charge < -0.3 is 9.84 Å². The van der Waals surface area contributed by atoms with E-state index in [-0.39, 0.29) is 11.6 Å². The summed E-state index contributed by atoms with van der Waals surface area (Å²) < 4.78 is 18.1. The molecule has 0 aromatic heterocycles. The van der Waals surface area contributed by atoms with Crippen LogP contribution in [-0.4, -0.2) is 11.1 Å². The number of carbonyl (C=O) groups excluding carboxylic acids is 1. The molecule has 3 nitrogen and oxygen atoms in total. The van der Waals surface area contributed by atoms with Gasteiger partial charge in [-0.15, -0.1) is 0 Å². The van der Waals surface area contributed by atoms with E-state index < -0.39 is 5.97 Å². The van der Waals surface area contributed by atoms with Crippen LogP contribution >= 0.6 is 0 Å². The molecular weight excluding hydrogens is 271 g/mol. The summed E-state index contributed by atoms with van der Waals surface area (Å²) >= 11 is 0. The number of halogens is 1. The van der Waals surface area contributed by atoms with Gasteiger partial charge in [0.1, 0.15) is 17.3 Å². The van der Waals surface area contributed by atoms with Gasteiger partial charge in [0.25, 0.3) is 0 Å². The molecule has 21 heavy (non-hydrogen) atoms. The van der Waals surface area contributed by atoms with Gasteiger partial charge in [0.2, 0.25) is 0 Å². The third kappa shape index (κ3) is 2.84. The minimum Gasteiger partial charge on any atom is -0.508 e. The van der Waals surface area contributed by atoms with Crippen molar-refractivity contribution in [1.82, 2.24) is 0 Å². The van der Waals surface area contributed by atoms with Crippen LogP contribution < -0.4 is 0 Å². The minimum atomic E-state index is -0.474. The second-order valence-electron chi connectivity index (χ2n) is 4.60. The van der Waals surface area contributed by atoms with Gasteiger partial charge in [-0.05, 0) is 54.1 Å². The van der Waals surface area contributed by atoms with Gasteiger partial charge in [-0.2, -0.15) is 0 Å². The average Bonchev–Trinajstić information content (AvgIpc) is 2.81. The van der Waals surface area contributed by atoms with E-state index in [1.165, 1.54) is 12.1 Å². The van der Waals surface area contributed by atoms with Gasteiger partial charge in [-0.1, -0.05) is 12.1 Å². The van der Waals surface area contributed by atoms with Crippen LogP contribution in [-0.2, 0) is 9.53 Å². The Bertz CT molecular complexity index is 758. The lowest BCUT2D eigenvalue weighted by Crippen LogP contribution is -1.97. The highest BCUT2D eigenvalue weighted by Gasteiger charge is 2.21. The third-order valence-corrected chi connectivity index (χ3v) is 3.05. The number of phenols is 1. The molecule has 0 unspecified atom stereocenters. The number of hydrogen-bond acceptors (Lipinski definition) is 3. The monoisotopic (exact) mass is 282 g/mol. The zero-order chi connectivity index (χ0) is 14.8. The highest BCUT2D eigenvalue weighted by Crippen LogP contribution is 2.27. The first-order chi connectivity index (χ1) is 10.1. The van der Waals surface area contributed by atoms with E-state index in [9.17, 15) is 14.3 Å². The van der Waals surface area contributed by atoms with Crippen LogP contribution in [0.3, 0.4) is 0 Å². The normalized spacial score (nSPS) is 16.0. The van der Waals surface area contributed by atoms with E-state index in [1.807, 2.05) is 0 Å². The SMILES string of the molecule is O=C1OC(c2ccc(F)cc2)=CC1=Cc1cccc(O)c1. The van der Waals surface area contributed by atoms with Crippen molar-refractivity contribution in [3.63, 3.8) is 0 Å². The van der Waals surface area contributed by atoms with Crippen LogP contribution in [0.5, 0.6) is 5.75 Å². The van der Waals surface area contributed by atoms with E-state index >= 15 is 0 Å². The Morgan fingerprint density at radius 2 is 1.86 bits per heavy atom. The molecule has 1 aliphatic heterocycles. The van der Waals surface area contributed by atoms with Crippen molar-refractivity contribution in [2.24, 2.45) is 0 Å². The minimum absolute atomic E-state index is 0.124. The molecule has 0 saturated heterocycles. The topological polar surface area (TPSA) is 46.5 Å². The Labute approximate surface area is 120 Å². The van der Waals surface area contributed by atoms with Crippen molar-refractivity contribution < 1.29 is 19.0 Å². The molecule has 104 valence electrons. The number of phenolic OH excluding ortho intramolecular Hbond substituents is 1. The zero-order valence-corrected chi connectivity index (χ0v) is 10.9. The molecule has 0 bridgehead atoms. The van der Waals surface area contributed by atoms with E-state index in [1.54, 1.807) is 48.6 Å². The quantitative estimate of drug-likeness (QED) is 0.677. The van der Waals surface area contributed by atoms with Crippen molar-refractivity contribution in [2.75, 3.05) is 0 Å². The number of ether oxygens (including phenoxy) is 1. The third-order valence-electron chi connectivity index (χ3n) is 3.05. The highest BCUT2D eigenvalue weighted by atomic mass is 19.1. The Hall–Kier alpha value is -2.88. The summed E-state index contributed by atoms with van der Waals surface area (Å²) in [6, 6.07) is 12.3. The van der Waals surface area contributed by atoms with Gasteiger partial charge in [-0.3, -0.25) is 0 Å². The summed E-state index contributed by atoms with van der Waals surface area (Å²) in [6.07, 6.45) is 3.22. The molecule has 1 heterocycles. The second-order valence-corrected chi connectivity index (χ2v) is 4.60. The first kappa shape index (κ1) is 13.1. The van der Waals surface area contributed by atoms with E-state index in [0.717, 1.165) is 0 Å². The van der Waals surface area contributed by atoms with Crippen molar-refractivity contribution in [1.29, 1.82) is 0 Å². The fourth-order valence-corrected chi connectivity index (χ4v) is 2.04. The maximum Gasteiger partial charge on any atom is 0.343 e. The van der Waals surface area contributed by atoms with Crippen LogP contribution in [0, 0.1) is 5.82 Å². The number of carbonyl (C=O) groups is 1. The number of hydrogen-bond donors (Lipinski definition) is 1. The molecule has 0 fully saturated rings. The van der Waals surface area contributed by atoms with Crippen LogP contribution in [0.25, 0.3) is 11.8 Å². The van der Waals surface area contributed by atoms with Crippen molar-refractivity contribution >= 4 is 17.8 Å². The number of rotatable bonds is 2. The van der Waals surface area contributed by atoms with E-state index in [2.05, 4.69) is 0 Å². The van der Waals surface area contributed by atoms with Crippen LogP contribution in [0.1, 0.15) is 11.1 Å². The number of aromatic hydroxyl groups is 1. The molecule has 3 rings (SSSR count). The standard InChI is InChI=1S/C17H11FO3/c18-14-6-4-12(5-7-14)16-10-13(17(20)21-16)8-11-2-1-3-15(19)9-11/h1-10,19H. The Balaban J connectivity index is 1.93. The summed E-state index contributed by atoms with van der Waals surface area (Å²) in [5.74, 6) is -0.318. The maximum atomic E-state index is 12.9. The molecule has 1 aliphatic rings. The molecule has 2 aromatic carbocycles. The Kier molecular flexibility index (Phi) is 3.28. The summed E-state index contributed by atoms with van der Waals surface area (Å²) in [6.45, 7) is 0. The fraction of sp³-hybridized carbons (Fsp3) is 0. The summed E-state index contributed by atoms with van der Waals surface area (Å²) in [7, 11) is 0. The average molecular weight is 282 g/mol. The Morgan fingerprint density at radius 3 is 2.57 bits per heavy atom. The fourth-order valence-electron chi connectivity index (χ4n) is 2.04. The van der Waals surface area contributed by atoms with E-state index in [4.69, 9.17) is 4.74 Å². The molecular formula is C17H11FO3. The molecule has 2 aromatic rings. The lowest BCUT2D eigenvalue weighted by atomic mass is 10.1.